The number of carbonyl (C=O) groups excluding carboxylic acids is 1. The van der Waals surface area contributed by atoms with Gasteiger partial charge in [-0.25, -0.2) is 0 Å². The molecule has 0 saturated carbocycles. The molecule has 0 aromatic carbocycles. The second-order valence-electron chi connectivity index (χ2n) is 3.74. The van der Waals surface area contributed by atoms with Gasteiger partial charge in [0, 0.05) is 30.8 Å². The highest BCUT2D eigenvalue weighted by Gasteiger charge is 2.21. The van der Waals surface area contributed by atoms with E-state index in [0.717, 1.165) is 0 Å². The smallest absolute Gasteiger partial charge is 0.225 e. The van der Waals surface area contributed by atoms with Crippen molar-refractivity contribution in [3.63, 3.8) is 0 Å². The van der Waals surface area contributed by atoms with E-state index in [1.807, 2.05) is 20.8 Å². The van der Waals surface area contributed by atoms with Gasteiger partial charge >= 0.3 is 0 Å². The van der Waals surface area contributed by atoms with Crippen LogP contribution in [0, 0.1) is 11.8 Å². The average molecular weight is 240 g/mol. The Hall–Kier alpha value is 0.0500. The Kier molecular flexibility index (Phi) is 7.38. The first kappa shape index (κ1) is 14.1. The van der Waals surface area contributed by atoms with Crippen LogP contribution in [0.3, 0.4) is 0 Å². The van der Waals surface area contributed by atoms with Crippen molar-refractivity contribution >= 4 is 29.1 Å². The molecule has 1 atom stereocenters. The van der Waals surface area contributed by atoms with Crippen LogP contribution in [0.4, 0.5) is 0 Å². The average Bonchev–Trinajstić information content (AvgIpc) is 2.15. The van der Waals surface area contributed by atoms with E-state index in [9.17, 15) is 4.79 Å². The third-order valence-electron chi connectivity index (χ3n) is 2.41. The molecule has 0 rings (SSSR count). The zero-order valence-corrected chi connectivity index (χ0v) is 10.6. The van der Waals surface area contributed by atoms with Gasteiger partial charge in [0.25, 0.3) is 0 Å². The molecule has 0 aliphatic rings. The maximum atomic E-state index is 11.9. The van der Waals surface area contributed by atoms with Crippen LogP contribution in [0.2, 0.25) is 0 Å². The van der Waals surface area contributed by atoms with Crippen molar-refractivity contribution in [1.82, 2.24) is 4.90 Å². The van der Waals surface area contributed by atoms with Gasteiger partial charge in [-0.3, -0.25) is 4.79 Å². The lowest BCUT2D eigenvalue weighted by molar-refractivity contribution is -0.135. The van der Waals surface area contributed by atoms with E-state index in [2.05, 4.69) is 0 Å². The Labute approximate surface area is 96.6 Å². The lowest BCUT2D eigenvalue weighted by atomic mass is 9.96. The zero-order valence-electron chi connectivity index (χ0n) is 9.09. The van der Waals surface area contributed by atoms with Crippen LogP contribution in [0.15, 0.2) is 0 Å². The minimum Gasteiger partial charge on any atom is -0.340 e. The summed E-state index contributed by atoms with van der Waals surface area (Å²) in [6.45, 7) is 7.21. The minimum absolute atomic E-state index is 0.0430. The highest BCUT2D eigenvalue weighted by Crippen LogP contribution is 2.13. The van der Waals surface area contributed by atoms with E-state index in [1.165, 1.54) is 0 Å². The first-order valence-corrected chi connectivity index (χ1v) is 6.02. The molecule has 0 bridgehead atoms. The van der Waals surface area contributed by atoms with Gasteiger partial charge in [-0.1, -0.05) is 20.8 Å². The number of rotatable bonds is 6. The first-order valence-electron chi connectivity index (χ1n) is 4.95. The standard InChI is InChI=1S/C10H19Cl2NO/c1-8(2)9(3)10(14)13(6-4-11)7-5-12/h8-9H,4-7H2,1-3H3. The summed E-state index contributed by atoms with van der Waals surface area (Å²) < 4.78 is 0. The lowest BCUT2D eigenvalue weighted by Gasteiger charge is -2.26. The Balaban J connectivity index is 4.26. The first-order chi connectivity index (χ1) is 6.54. The van der Waals surface area contributed by atoms with Crippen LogP contribution in [-0.4, -0.2) is 35.7 Å². The number of amides is 1. The molecule has 14 heavy (non-hydrogen) atoms. The normalized spacial score (nSPS) is 13.0. The van der Waals surface area contributed by atoms with Gasteiger partial charge in [0.2, 0.25) is 5.91 Å². The molecule has 1 unspecified atom stereocenters. The number of halogens is 2. The second kappa shape index (κ2) is 7.36. The van der Waals surface area contributed by atoms with E-state index in [1.54, 1.807) is 4.90 Å². The molecule has 84 valence electrons. The molecule has 0 saturated heterocycles. The van der Waals surface area contributed by atoms with Crippen LogP contribution < -0.4 is 0 Å². The Morgan fingerprint density at radius 3 is 1.86 bits per heavy atom. The number of hydrogen-bond donors (Lipinski definition) is 0. The summed E-state index contributed by atoms with van der Waals surface area (Å²) >= 11 is 11.2. The molecule has 0 spiro atoms. The van der Waals surface area contributed by atoms with Gasteiger partial charge in [0.15, 0.2) is 0 Å². The lowest BCUT2D eigenvalue weighted by Crippen LogP contribution is -2.39. The quantitative estimate of drug-likeness (QED) is 0.653. The molecule has 0 aliphatic carbocycles. The highest BCUT2D eigenvalue weighted by molar-refractivity contribution is 6.18. The molecular formula is C10H19Cl2NO. The molecule has 4 heteroatoms. The topological polar surface area (TPSA) is 20.3 Å². The summed E-state index contributed by atoms with van der Waals surface area (Å²) in [5.74, 6) is 1.49. The summed E-state index contributed by atoms with van der Waals surface area (Å²) in [4.78, 5) is 13.6. The summed E-state index contributed by atoms with van der Waals surface area (Å²) in [7, 11) is 0. The van der Waals surface area contributed by atoms with Gasteiger partial charge in [-0.05, 0) is 5.92 Å². The van der Waals surface area contributed by atoms with Gasteiger partial charge in [0.05, 0.1) is 0 Å². The maximum Gasteiger partial charge on any atom is 0.225 e. The zero-order chi connectivity index (χ0) is 11.1. The third kappa shape index (κ3) is 4.52. The van der Waals surface area contributed by atoms with Crippen molar-refractivity contribution in [3.05, 3.63) is 0 Å². The van der Waals surface area contributed by atoms with Crippen molar-refractivity contribution in [1.29, 1.82) is 0 Å². The SMILES string of the molecule is CC(C)C(C)C(=O)N(CCCl)CCCl. The van der Waals surface area contributed by atoms with Gasteiger partial charge in [0.1, 0.15) is 0 Å². The minimum atomic E-state index is 0.0430. The maximum absolute atomic E-state index is 11.9. The van der Waals surface area contributed by atoms with Crippen molar-refractivity contribution in [2.45, 2.75) is 20.8 Å². The van der Waals surface area contributed by atoms with E-state index < -0.39 is 0 Å². The second-order valence-corrected chi connectivity index (χ2v) is 4.49. The number of carbonyl (C=O) groups is 1. The number of alkyl halides is 2. The predicted octanol–water partition coefficient (Wildman–Crippen LogP) is 2.58. The van der Waals surface area contributed by atoms with Crippen LogP contribution in [-0.2, 0) is 4.79 Å². The molecule has 0 heterocycles. The van der Waals surface area contributed by atoms with E-state index in [-0.39, 0.29) is 11.8 Å². The summed E-state index contributed by atoms with van der Waals surface area (Å²) in [5.41, 5.74) is 0. The largest absolute Gasteiger partial charge is 0.340 e. The molecule has 0 radical (unpaired) electrons. The van der Waals surface area contributed by atoms with Crippen LogP contribution in [0.25, 0.3) is 0 Å². The van der Waals surface area contributed by atoms with Gasteiger partial charge < -0.3 is 4.90 Å². The fourth-order valence-electron chi connectivity index (χ4n) is 1.11. The van der Waals surface area contributed by atoms with Crippen LogP contribution in [0.1, 0.15) is 20.8 Å². The fraction of sp³-hybridized carbons (Fsp3) is 0.900. The molecule has 0 aromatic heterocycles. The summed E-state index contributed by atoms with van der Waals surface area (Å²) in [6.07, 6.45) is 0. The third-order valence-corrected chi connectivity index (χ3v) is 2.75. The van der Waals surface area contributed by atoms with Crippen molar-refractivity contribution in [3.8, 4) is 0 Å². The molecule has 0 fully saturated rings. The Bertz CT molecular complexity index is 168. The number of nitrogens with zero attached hydrogens (tertiary/aromatic N) is 1. The Morgan fingerprint density at radius 2 is 1.57 bits per heavy atom. The van der Waals surface area contributed by atoms with Crippen molar-refractivity contribution < 1.29 is 4.79 Å². The van der Waals surface area contributed by atoms with E-state index in [4.69, 9.17) is 23.2 Å². The Morgan fingerprint density at radius 1 is 1.14 bits per heavy atom. The van der Waals surface area contributed by atoms with E-state index >= 15 is 0 Å². The van der Waals surface area contributed by atoms with Crippen molar-refractivity contribution in [2.24, 2.45) is 11.8 Å². The summed E-state index contributed by atoms with van der Waals surface area (Å²) in [5, 5.41) is 0. The van der Waals surface area contributed by atoms with E-state index in [0.29, 0.717) is 30.8 Å². The summed E-state index contributed by atoms with van der Waals surface area (Å²) in [6, 6.07) is 0. The molecule has 0 aromatic rings. The van der Waals surface area contributed by atoms with Gasteiger partial charge in [-0.15, -0.1) is 23.2 Å². The molecular weight excluding hydrogens is 221 g/mol. The molecule has 0 aliphatic heterocycles. The number of hydrogen-bond acceptors (Lipinski definition) is 1. The monoisotopic (exact) mass is 239 g/mol. The van der Waals surface area contributed by atoms with Crippen molar-refractivity contribution in [2.75, 3.05) is 24.8 Å². The van der Waals surface area contributed by atoms with Crippen LogP contribution >= 0.6 is 23.2 Å². The fourth-order valence-corrected chi connectivity index (χ4v) is 1.52. The van der Waals surface area contributed by atoms with Crippen LogP contribution in [0.5, 0.6) is 0 Å². The molecule has 2 nitrogen and oxygen atoms in total. The molecule has 0 N–H and O–H groups in total. The van der Waals surface area contributed by atoms with Gasteiger partial charge in [-0.2, -0.15) is 0 Å². The molecule has 1 amide bonds. The predicted molar refractivity (Wildman–Crippen MR) is 62.0 cm³/mol. The highest BCUT2D eigenvalue weighted by atomic mass is 35.5.